The monoisotopic (exact) mass is 322 g/mol. The van der Waals surface area contributed by atoms with Gasteiger partial charge in [0.15, 0.2) is 0 Å². The standard InChI is InChI=1S/C18H18N4S/c1-12(2)10-19-17-21-22-16(11-20-18(22)23-17)15-8-7-13-5-3-4-6-14(13)9-15/h3-9,11-12H,10H2,1-2H3,(H,19,21). The number of aromatic nitrogens is 3. The molecule has 4 aromatic rings. The summed E-state index contributed by atoms with van der Waals surface area (Å²) < 4.78 is 1.93. The minimum Gasteiger partial charge on any atom is -0.360 e. The summed E-state index contributed by atoms with van der Waals surface area (Å²) in [7, 11) is 0. The van der Waals surface area contributed by atoms with Crippen molar-refractivity contribution in [1.29, 1.82) is 0 Å². The van der Waals surface area contributed by atoms with Gasteiger partial charge < -0.3 is 5.32 Å². The maximum Gasteiger partial charge on any atom is 0.214 e. The fourth-order valence-electron chi connectivity index (χ4n) is 2.60. The van der Waals surface area contributed by atoms with Crippen LogP contribution in [0.2, 0.25) is 0 Å². The number of anilines is 1. The molecule has 0 aliphatic heterocycles. The zero-order valence-electron chi connectivity index (χ0n) is 13.2. The van der Waals surface area contributed by atoms with Crippen molar-refractivity contribution in [2.75, 3.05) is 11.9 Å². The Hall–Kier alpha value is -2.40. The second kappa shape index (κ2) is 5.66. The van der Waals surface area contributed by atoms with Crippen LogP contribution in [0.3, 0.4) is 0 Å². The summed E-state index contributed by atoms with van der Waals surface area (Å²) in [6.07, 6.45) is 1.90. The van der Waals surface area contributed by atoms with Crippen LogP contribution in [0.4, 0.5) is 5.13 Å². The number of imidazole rings is 1. The van der Waals surface area contributed by atoms with Gasteiger partial charge in [-0.3, -0.25) is 0 Å². The number of nitrogens with zero attached hydrogens (tertiary/aromatic N) is 3. The zero-order valence-corrected chi connectivity index (χ0v) is 14.0. The third-order valence-electron chi connectivity index (χ3n) is 3.79. The van der Waals surface area contributed by atoms with Gasteiger partial charge in [0.05, 0.1) is 11.9 Å². The number of fused-ring (bicyclic) bond motifs is 2. The summed E-state index contributed by atoms with van der Waals surface area (Å²) in [5.74, 6) is 0.589. The molecule has 4 rings (SSSR count). The van der Waals surface area contributed by atoms with Crippen LogP contribution < -0.4 is 5.32 Å². The molecule has 2 heterocycles. The predicted octanol–water partition coefficient (Wildman–Crippen LogP) is 4.68. The summed E-state index contributed by atoms with van der Waals surface area (Å²) in [4.78, 5) is 5.42. The van der Waals surface area contributed by atoms with Crippen molar-refractivity contribution in [2.24, 2.45) is 5.92 Å². The molecule has 23 heavy (non-hydrogen) atoms. The van der Waals surface area contributed by atoms with Crippen LogP contribution in [0.25, 0.3) is 27.0 Å². The molecule has 0 radical (unpaired) electrons. The topological polar surface area (TPSA) is 42.2 Å². The third-order valence-corrected chi connectivity index (χ3v) is 4.67. The van der Waals surface area contributed by atoms with Gasteiger partial charge in [0.1, 0.15) is 0 Å². The molecule has 0 amide bonds. The van der Waals surface area contributed by atoms with Crippen LogP contribution in [0.1, 0.15) is 13.8 Å². The van der Waals surface area contributed by atoms with Crippen molar-refractivity contribution in [3.05, 3.63) is 48.7 Å². The second-order valence-electron chi connectivity index (χ2n) is 6.08. The normalized spacial score (nSPS) is 11.6. The fourth-order valence-corrected chi connectivity index (χ4v) is 3.38. The molecule has 5 heteroatoms. The van der Waals surface area contributed by atoms with Crippen LogP contribution in [-0.4, -0.2) is 21.1 Å². The molecular weight excluding hydrogens is 304 g/mol. The van der Waals surface area contributed by atoms with E-state index in [1.807, 2.05) is 10.7 Å². The predicted molar refractivity (Wildman–Crippen MR) is 97.1 cm³/mol. The minimum absolute atomic E-state index is 0.589. The van der Waals surface area contributed by atoms with Crippen LogP contribution >= 0.6 is 11.3 Å². The first kappa shape index (κ1) is 14.2. The van der Waals surface area contributed by atoms with E-state index in [1.54, 1.807) is 11.3 Å². The summed E-state index contributed by atoms with van der Waals surface area (Å²) in [5.41, 5.74) is 2.16. The van der Waals surface area contributed by atoms with Gasteiger partial charge in [-0.05, 0) is 22.8 Å². The summed E-state index contributed by atoms with van der Waals surface area (Å²) in [6.45, 7) is 5.29. The van der Waals surface area contributed by atoms with Crippen LogP contribution in [-0.2, 0) is 0 Å². The Kier molecular flexibility index (Phi) is 3.50. The van der Waals surface area contributed by atoms with Gasteiger partial charge in [-0.25, -0.2) is 9.50 Å². The average molecular weight is 322 g/mol. The quantitative estimate of drug-likeness (QED) is 0.593. The molecule has 1 N–H and O–H groups in total. The highest BCUT2D eigenvalue weighted by Gasteiger charge is 2.12. The van der Waals surface area contributed by atoms with E-state index >= 15 is 0 Å². The number of rotatable bonds is 4. The van der Waals surface area contributed by atoms with Crippen molar-refractivity contribution >= 4 is 32.2 Å². The number of hydrogen-bond donors (Lipinski definition) is 1. The first-order chi connectivity index (χ1) is 11.2. The summed E-state index contributed by atoms with van der Waals surface area (Å²) in [6, 6.07) is 14.9. The largest absolute Gasteiger partial charge is 0.360 e. The Labute approximate surface area is 138 Å². The Morgan fingerprint density at radius 3 is 2.78 bits per heavy atom. The lowest BCUT2D eigenvalue weighted by atomic mass is 10.1. The van der Waals surface area contributed by atoms with E-state index < -0.39 is 0 Å². The highest BCUT2D eigenvalue weighted by atomic mass is 32.1. The first-order valence-corrected chi connectivity index (χ1v) is 8.60. The van der Waals surface area contributed by atoms with E-state index in [4.69, 9.17) is 0 Å². The first-order valence-electron chi connectivity index (χ1n) is 7.78. The van der Waals surface area contributed by atoms with Crippen molar-refractivity contribution in [1.82, 2.24) is 14.6 Å². The van der Waals surface area contributed by atoms with E-state index in [-0.39, 0.29) is 0 Å². The zero-order chi connectivity index (χ0) is 15.8. The molecule has 0 saturated carbocycles. The molecule has 0 saturated heterocycles. The number of hydrogen-bond acceptors (Lipinski definition) is 4. The van der Waals surface area contributed by atoms with Gasteiger partial charge in [-0.1, -0.05) is 61.6 Å². The molecule has 0 fully saturated rings. The van der Waals surface area contributed by atoms with Crippen molar-refractivity contribution in [3.8, 4) is 11.3 Å². The number of nitrogens with one attached hydrogen (secondary N) is 1. The van der Waals surface area contributed by atoms with Crippen molar-refractivity contribution in [2.45, 2.75) is 13.8 Å². The third kappa shape index (κ3) is 2.68. The lowest BCUT2D eigenvalue weighted by Gasteiger charge is -2.04. The maximum absolute atomic E-state index is 4.66. The van der Waals surface area contributed by atoms with E-state index in [1.165, 1.54) is 10.8 Å². The van der Waals surface area contributed by atoms with Gasteiger partial charge >= 0.3 is 0 Å². The Morgan fingerprint density at radius 1 is 1.13 bits per heavy atom. The Bertz CT molecular complexity index is 967. The Morgan fingerprint density at radius 2 is 1.96 bits per heavy atom. The highest BCUT2D eigenvalue weighted by Crippen LogP contribution is 2.28. The molecule has 0 atom stereocenters. The highest BCUT2D eigenvalue weighted by molar-refractivity contribution is 7.20. The van der Waals surface area contributed by atoms with E-state index in [9.17, 15) is 0 Å². The van der Waals surface area contributed by atoms with Gasteiger partial charge in [0.25, 0.3) is 0 Å². The smallest absolute Gasteiger partial charge is 0.214 e. The average Bonchev–Trinajstić information content (AvgIpc) is 3.12. The van der Waals surface area contributed by atoms with E-state index in [0.29, 0.717) is 5.92 Å². The van der Waals surface area contributed by atoms with Gasteiger partial charge in [-0.15, -0.1) is 5.10 Å². The van der Waals surface area contributed by atoms with Crippen LogP contribution in [0.15, 0.2) is 48.7 Å². The second-order valence-corrected chi connectivity index (χ2v) is 7.04. The summed E-state index contributed by atoms with van der Waals surface area (Å²) >= 11 is 1.59. The molecule has 0 aliphatic rings. The van der Waals surface area contributed by atoms with Crippen molar-refractivity contribution < 1.29 is 0 Å². The van der Waals surface area contributed by atoms with Gasteiger partial charge in [0.2, 0.25) is 10.1 Å². The lowest BCUT2D eigenvalue weighted by Crippen LogP contribution is -2.07. The summed E-state index contributed by atoms with van der Waals surface area (Å²) in [5, 5.41) is 11.4. The minimum atomic E-state index is 0.589. The molecule has 2 aromatic heterocycles. The SMILES string of the molecule is CC(C)CNc1nn2c(-c3ccc4ccccc4c3)cnc2s1. The molecule has 2 aromatic carbocycles. The molecule has 116 valence electrons. The van der Waals surface area contributed by atoms with Gasteiger partial charge in [-0.2, -0.15) is 0 Å². The van der Waals surface area contributed by atoms with E-state index in [0.717, 1.165) is 27.9 Å². The van der Waals surface area contributed by atoms with Crippen LogP contribution in [0.5, 0.6) is 0 Å². The van der Waals surface area contributed by atoms with Crippen LogP contribution in [0, 0.1) is 5.92 Å². The maximum atomic E-state index is 4.66. The number of benzene rings is 2. The molecule has 0 unspecified atom stereocenters. The molecule has 0 bridgehead atoms. The Balaban J connectivity index is 1.74. The lowest BCUT2D eigenvalue weighted by molar-refractivity contribution is 0.687. The van der Waals surface area contributed by atoms with E-state index in [2.05, 4.69) is 71.7 Å². The molecular formula is C18H18N4S. The molecule has 4 nitrogen and oxygen atoms in total. The van der Waals surface area contributed by atoms with Gasteiger partial charge in [0, 0.05) is 12.1 Å². The molecule has 0 aliphatic carbocycles. The molecule has 0 spiro atoms. The van der Waals surface area contributed by atoms with Crippen molar-refractivity contribution in [3.63, 3.8) is 0 Å². The fraction of sp³-hybridized carbons (Fsp3) is 0.222.